The van der Waals surface area contributed by atoms with Gasteiger partial charge in [-0.1, -0.05) is 13.3 Å². The molecule has 1 spiro atoms. The number of ether oxygens (including phenoxy) is 2. The topological polar surface area (TPSA) is 72.1 Å². The lowest BCUT2D eigenvalue weighted by molar-refractivity contribution is -0.0639. The van der Waals surface area contributed by atoms with Gasteiger partial charge in [0.15, 0.2) is 11.5 Å². The molecule has 1 saturated heterocycles. The Bertz CT molecular complexity index is 796. The summed E-state index contributed by atoms with van der Waals surface area (Å²) in [6.07, 6.45) is 10.7. The summed E-state index contributed by atoms with van der Waals surface area (Å²) in [6.45, 7) is 4.23. The summed E-state index contributed by atoms with van der Waals surface area (Å²) < 4.78 is 11.8. The van der Waals surface area contributed by atoms with Gasteiger partial charge in [0.05, 0.1) is 18.9 Å². The van der Waals surface area contributed by atoms with Crippen molar-refractivity contribution < 1.29 is 19.1 Å². The highest BCUT2D eigenvalue weighted by molar-refractivity contribution is 5.74. The molecule has 2 amide bonds. The zero-order chi connectivity index (χ0) is 21.7. The maximum atomic E-state index is 12.3. The molecule has 2 fully saturated rings. The van der Waals surface area contributed by atoms with Gasteiger partial charge in [-0.05, 0) is 56.4 Å². The summed E-state index contributed by atoms with van der Waals surface area (Å²) in [5, 5.41) is 3.00. The van der Waals surface area contributed by atoms with E-state index in [1.807, 2.05) is 23.1 Å². The van der Waals surface area contributed by atoms with Crippen molar-refractivity contribution in [1.82, 2.24) is 15.7 Å². The molecule has 1 aliphatic carbocycles. The number of carbonyl (C=O) groups excluding carboxylic acids is 1. The van der Waals surface area contributed by atoms with E-state index in [1.165, 1.54) is 12.8 Å². The Kier molecular flexibility index (Phi) is 6.90. The number of unbranched alkanes of at least 4 members (excludes halogenated alkanes) is 1. The van der Waals surface area contributed by atoms with Gasteiger partial charge >= 0.3 is 6.03 Å². The van der Waals surface area contributed by atoms with Gasteiger partial charge in [0.25, 0.3) is 0 Å². The van der Waals surface area contributed by atoms with Crippen LogP contribution in [-0.2, 0) is 4.84 Å². The van der Waals surface area contributed by atoms with Crippen LogP contribution in [0.25, 0.3) is 5.70 Å². The number of nitrogens with zero attached hydrogens (tertiary/aromatic N) is 1. The molecule has 1 aromatic carbocycles. The number of hydrogen-bond donors (Lipinski definition) is 2. The molecule has 0 aromatic heterocycles. The molecule has 0 radical (unpaired) electrons. The second kappa shape index (κ2) is 9.81. The van der Waals surface area contributed by atoms with Crippen LogP contribution in [0.5, 0.6) is 11.5 Å². The predicted molar refractivity (Wildman–Crippen MR) is 120 cm³/mol. The van der Waals surface area contributed by atoms with Crippen LogP contribution in [-0.4, -0.2) is 49.4 Å². The Hall–Kier alpha value is -2.41. The number of hydroxylamine groups is 1. The van der Waals surface area contributed by atoms with Crippen LogP contribution in [0.4, 0.5) is 4.79 Å². The molecule has 2 N–H and O–H groups in total. The van der Waals surface area contributed by atoms with E-state index in [0.29, 0.717) is 13.1 Å². The molecule has 3 aliphatic rings. The van der Waals surface area contributed by atoms with E-state index in [0.717, 1.165) is 67.8 Å². The number of carbonyl (C=O) groups is 1. The van der Waals surface area contributed by atoms with Gasteiger partial charge in [0.2, 0.25) is 0 Å². The molecule has 2 aliphatic heterocycles. The van der Waals surface area contributed by atoms with Crippen molar-refractivity contribution in [2.24, 2.45) is 0 Å². The second-order valence-corrected chi connectivity index (χ2v) is 8.79. The van der Waals surface area contributed by atoms with Crippen LogP contribution in [0.3, 0.4) is 0 Å². The number of benzene rings is 1. The third kappa shape index (κ3) is 5.09. The van der Waals surface area contributed by atoms with E-state index in [1.54, 1.807) is 7.11 Å². The predicted octanol–water partition coefficient (Wildman–Crippen LogP) is 4.24. The molecule has 1 aromatic rings. The van der Waals surface area contributed by atoms with Gasteiger partial charge < -0.3 is 19.7 Å². The Morgan fingerprint density at radius 2 is 2.03 bits per heavy atom. The summed E-state index contributed by atoms with van der Waals surface area (Å²) in [7, 11) is 1.67. The lowest BCUT2D eigenvalue weighted by atomic mass is 9.90. The van der Waals surface area contributed by atoms with Crippen molar-refractivity contribution in [3.05, 3.63) is 29.8 Å². The highest BCUT2D eigenvalue weighted by Gasteiger charge is 2.40. The molecule has 7 heteroatoms. The van der Waals surface area contributed by atoms with Gasteiger partial charge in [0.1, 0.15) is 5.60 Å². The monoisotopic (exact) mass is 429 g/mol. The summed E-state index contributed by atoms with van der Waals surface area (Å²) >= 11 is 0. The van der Waals surface area contributed by atoms with Gasteiger partial charge in [-0.15, -0.1) is 0 Å². The molecule has 7 nitrogen and oxygen atoms in total. The fraction of sp³-hybridized carbons (Fsp3) is 0.625. The fourth-order valence-electron chi connectivity index (χ4n) is 4.56. The lowest BCUT2D eigenvalue weighted by Crippen LogP contribution is -2.50. The summed E-state index contributed by atoms with van der Waals surface area (Å²) in [6, 6.07) is 6.05. The highest BCUT2D eigenvalue weighted by atomic mass is 16.7. The molecule has 4 rings (SSSR count). The van der Waals surface area contributed by atoms with Gasteiger partial charge in [-0.2, -0.15) is 0 Å². The number of hydrogen-bond acceptors (Lipinski definition) is 5. The first-order chi connectivity index (χ1) is 15.1. The number of nitrogens with one attached hydrogen (secondary N) is 2. The fourth-order valence-corrected chi connectivity index (χ4v) is 4.56. The third-order valence-corrected chi connectivity index (χ3v) is 6.55. The molecule has 0 bridgehead atoms. The van der Waals surface area contributed by atoms with Crippen LogP contribution in [0, 0.1) is 0 Å². The van der Waals surface area contributed by atoms with Crippen LogP contribution >= 0.6 is 0 Å². The molecule has 0 unspecified atom stereocenters. The molecular formula is C24H35N3O4. The Morgan fingerprint density at radius 1 is 1.26 bits per heavy atom. The van der Waals surface area contributed by atoms with Crippen LogP contribution in [0.1, 0.15) is 63.9 Å². The number of likely N-dealkylation sites (tertiary alicyclic amines) is 1. The van der Waals surface area contributed by atoms with Gasteiger partial charge in [-0.25, -0.2) is 4.79 Å². The molecule has 31 heavy (non-hydrogen) atoms. The SMILES string of the molecule is CCCCNC(=O)N1CCC2(C=C(c3ccc(OC)c(OC4CCCC4)c3)NO2)CC1. The highest BCUT2D eigenvalue weighted by Crippen LogP contribution is 2.38. The maximum absolute atomic E-state index is 12.3. The van der Waals surface area contributed by atoms with Crippen LogP contribution < -0.4 is 20.3 Å². The summed E-state index contributed by atoms with van der Waals surface area (Å²) in [5.74, 6) is 1.54. The molecule has 0 atom stereocenters. The first-order valence-electron chi connectivity index (χ1n) is 11.7. The Balaban J connectivity index is 1.40. The Labute approximate surface area is 185 Å². The van der Waals surface area contributed by atoms with Crippen molar-refractivity contribution in [2.75, 3.05) is 26.7 Å². The van der Waals surface area contributed by atoms with E-state index in [2.05, 4.69) is 23.8 Å². The number of urea groups is 1. The molecular weight excluding hydrogens is 394 g/mol. The zero-order valence-corrected chi connectivity index (χ0v) is 18.7. The first kappa shape index (κ1) is 21.8. The third-order valence-electron chi connectivity index (χ3n) is 6.55. The first-order valence-corrected chi connectivity index (χ1v) is 11.7. The summed E-state index contributed by atoms with van der Waals surface area (Å²) in [5.41, 5.74) is 4.71. The van der Waals surface area contributed by atoms with E-state index in [9.17, 15) is 4.79 Å². The number of methoxy groups -OCH3 is 1. The quantitative estimate of drug-likeness (QED) is 0.635. The van der Waals surface area contributed by atoms with E-state index in [-0.39, 0.29) is 17.7 Å². The average molecular weight is 430 g/mol. The van der Waals surface area contributed by atoms with E-state index >= 15 is 0 Å². The van der Waals surface area contributed by atoms with Crippen LogP contribution in [0.15, 0.2) is 24.3 Å². The minimum absolute atomic E-state index is 0.0299. The van der Waals surface area contributed by atoms with Crippen molar-refractivity contribution in [3.8, 4) is 11.5 Å². The van der Waals surface area contributed by atoms with Gasteiger partial charge in [0, 0.05) is 38.0 Å². The van der Waals surface area contributed by atoms with Crippen molar-refractivity contribution in [2.45, 2.75) is 70.0 Å². The number of rotatable bonds is 7. The molecule has 1 saturated carbocycles. The number of piperidine rings is 1. The van der Waals surface area contributed by atoms with Gasteiger partial charge in [-0.3, -0.25) is 10.3 Å². The maximum Gasteiger partial charge on any atom is 0.317 e. The smallest absolute Gasteiger partial charge is 0.317 e. The molecule has 170 valence electrons. The minimum Gasteiger partial charge on any atom is -0.493 e. The van der Waals surface area contributed by atoms with Crippen molar-refractivity contribution in [1.29, 1.82) is 0 Å². The second-order valence-electron chi connectivity index (χ2n) is 8.79. The minimum atomic E-state index is -0.373. The standard InChI is InChI=1S/C24H35N3O4/c1-3-4-13-25-23(28)27-14-11-24(12-15-27)17-20(26-31-24)18-9-10-21(29-2)22(16-18)30-19-7-5-6-8-19/h9-10,16-17,19,26H,3-8,11-15H2,1-2H3,(H,25,28). The zero-order valence-electron chi connectivity index (χ0n) is 18.7. The average Bonchev–Trinajstić information content (AvgIpc) is 3.45. The summed E-state index contributed by atoms with van der Waals surface area (Å²) in [4.78, 5) is 20.2. The normalized spacial score (nSPS) is 20.5. The van der Waals surface area contributed by atoms with E-state index in [4.69, 9.17) is 14.3 Å². The largest absolute Gasteiger partial charge is 0.493 e. The van der Waals surface area contributed by atoms with Crippen molar-refractivity contribution >= 4 is 11.7 Å². The molecule has 2 heterocycles. The van der Waals surface area contributed by atoms with E-state index < -0.39 is 0 Å². The number of amides is 2. The lowest BCUT2D eigenvalue weighted by Gasteiger charge is -2.36. The Morgan fingerprint density at radius 3 is 2.74 bits per heavy atom. The van der Waals surface area contributed by atoms with Crippen molar-refractivity contribution in [3.63, 3.8) is 0 Å². The van der Waals surface area contributed by atoms with Crippen LogP contribution in [0.2, 0.25) is 0 Å².